The van der Waals surface area contributed by atoms with Gasteiger partial charge in [0.2, 0.25) is 11.9 Å². The first-order valence-electron chi connectivity index (χ1n) is 7.81. The van der Waals surface area contributed by atoms with E-state index in [9.17, 15) is 4.79 Å². The van der Waals surface area contributed by atoms with Gasteiger partial charge in [0, 0.05) is 10.2 Å². The number of hydrogen-bond acceptors (Lipinski definition) is 7. The molecule has 3 aromatic rings. The van der Waals surface area contributed by atoms with E-state index >= 15 is 0 Å². The summed E-state index contributed by atoms with van der Waals surface area (Å²) in [4.78, 5) is 24.2. The van der Waals surface area contributed by atoms with E-state index in [0.717, 1.165) is 15.7 Å². The van der Waals surface area contributed by atoms with Crippen molar-refractivity contribution >= 4 is 39.5 Å². The van der Waals surface area contributed by atoms with Gasteiger partial charge in [0.15, 0.2) is 12.4 Å². The summed E-state index contributed by atoms with van der Waals surface area (Å²) in [7, 11) is 0. The predicted molar refractivity (Wildman–Crippen MR) is 102 cm³/mol. The number of rotatable bonds is 6. The van der Waals surface area contributed by atoms with E-state index in [0.29, 0.717) is 5.95 Å². The molecular weight excluding hydrogens is 398 g/mol. The minimum Gasteiger partial charge on any atom is -0.457 e. The second-order valence-electron chi connectivity index (χ2n) is 5.39. The molecule has 0 unspecified atom stereocenters. The Morgan fingerprint density at radius 2 is 1.77 bits per heavy atom. The molecule has 3 N–H and O–H groups in total. The third-order valence-corrected chi connectivity index (χ3v) is 3.88. The normalized spacial score (nSPS) is 10.3. The minimum atomic E-state index is -0.371. The van der Waals surface area contributed by atoms with Crippen LogP contribution in [0.4, 0.5) is 17.6 Å². The van der Waals surface area contributed by atoms with Gasteiger partial charge in [-0.25, -0.2) is 0 Å². The number of nitrogens with one attached hydrogen (secondary N) is 1. The smallest absolute Gasteiger partial charge is 0.310 e. The fourth-order valence-electron chi connectivity index (χ4n) is 2.17. The van der Waals surface area contributed by atoms with Gasteiger partial charge in [-0.2, -0.15) is 15.0 Å². The maximum absolute atomic E-state index is 12.0. The molecule has 0 amide bonds. The number of hydrogen-bond donors (Lipinski definition) is 2. The Hall–Kier alpha value is -3.00. The third kappa shape index (κ3) is 5.25. The van der Waals surface area contributed by atoms with Gasteiger partial charge in [-0.3, -0.25) is 4.79 Å². The van der Waals surface area contributed by atoms with Gasteiger partial charge in [-0.15, -0.1) is 0 Å². The summed E-state index contributed by atoms with van der Waals surface area (Å²) in [5.74, 6) is 0.254. The zero-order valence-electron chi connectivity index (χ0n) is 13.7. The van der Waals surface area contributed by atoms with E-state index in [1.54, 1.807) is 0 Å². The molecule has 1 heterocycles. The van der Waals surface area contributed by atoms with Crippen LogP contribution in [0.2, 0.25) is 0 Å². The van der Waals surface area contributed by atoms with Gasteiger partial charge in [0.25, 0.3) is 0 Å². The molecule has 0 aliphatic carbocycles. The highest BCUT2D eigenvalue weighted by molar-refractivity contribution is 9.10. The summed E-state index contributed by atoms with van der Waals surface area (Å²) in [5, 5.41) is 3.03. The number of para-hydroxylation sites is 1. The van der Waals surface area contributed by atoms with Gasteiger partial charge in [0.05, 0.1) is 6.42 Å². The van der Waals surface area contributed by atoms with Crippen LogP contribution in [-0.4, -0.2) is 20.9 Å². The van der Waals surface area contributed by atoms with Crippen molar-refractivity contribution in [3.8, 4) is 0 Å². The third-order valence-electron chi connectivity index (χ3n) is 3.35. The summed E-state index contributed by atoms with van der Waals surface area (Å²) in [5.41, 5.74) is 7.39. The van der Waals surface area contributed by atoms with Crippen LogP contribution in [0.1, 0.15) is 11.4 Å². The summed E-state index contributed by atoms with van der Waals surface area (Å²) in [6.07, 6.45) is 0.170. The van der Waals surface area contributed by atoms with E-state index in [-0.39, 0.29) is 30.8 Å². The van der Waals surface area contributed by atoms with Gasteiger partial charge in [0.1, 0.15) is 0 Å². The molecule has 0 saturated carbocycles. The van der Waals surface area contributed by atoms with E-state index in [2.05, 4.69) is 36.2 Å². The Balaban J connectivity index is 1.60. The topological polar surface area (TPSA) is 103 Å². The van der Waals surface area contributed by atoms with E-state index in [1.807, 2.05) is 54.6 Å². The largest absolute Gasteiger partial charge is 0.457 e. The van der Waals surface area contributed by atoms with Gasteiger partial charge in [-0.1, -0.05) is 46.3 Å². The highest BCUT2D eigenvalue weighted by Crippen LogP contribution is 2.14. The molecule has 7 nitrogen and oxygen atoms in total. The Kier molecular flexibility index (Phi) is 5.75. The molecule has 0 saturated heterocycles. The van der Waals surface area contributed by atoms with Crippen LogP contribution in [0.25, 0.3) is 0 Å². The summed E-state index contributed by atoms with van der Waals surface area (Å²) >= 11 is 3.35. The highest BCUT2D eigenvalue weighted by Gasteiger charge is 2.09. The molecule has 0 radical (unpaired) electrons. The molecule has 0 fully saturated rings. The van der Waals surface area contributed by atoms with Gasteiger partial charge in [-0.05, 0) is 29.8 Å². The lowest BCUT2D eigenvalue weighted by atomic mass is 10.2. The predicted octanol–water partition coefficient (Wildman–Crippen LogP) is 3.25. The van der Waals surface area contributed by atoms with Gasteiger partial charge < -0.3 is 15.8 Å². The van der Waals surface area contributed by atoms with Crippen LogP contribution >= 0.6 is 15.9 Å². The lowest BCUT2D eigenvalue weighted by Crippen LogP contribution is -2.12. The van der Waals surface area contributed by atoms with Crippen molar-refractivity contribution in [3.63, 3.8) is 0 Å². The van der Waals surface area contributed by atoms with E-state index < -0.39 is 0 Å². The van der Waals surface area contributed by atoms with Crippen molar-refractivity contribution in [2.75, 3.05) is 11.1 Å². The lowest BCUT2D eigenvalue weighted by molar-refractivity contribution is -0.144. The Morgan fingerprint density at radius 3 is 2.50 bits per heavy atom. The maximum atomic E-state index is 12.0. The first-order chi connectivity index (χ1) is 12.6. The van der Waals surface area contributed by atoms with Crippen molar-refractivity contribution < 1.29 is 9.53 Å². The average molecular weight is 414 g/mol. The van der Waals surface area contributed by atoms with Crippen molar-refractivity contribution in [2.45, 2.75) is 13.0 Å². The number of benzene rings is 2. The fourth-order valence-corrected chi connectivity index (χ4v) is 2.44. The minimum absolute atomic E-state index is 0.0531. The number of aromatic nitrogens is 3. The highest BCUT2D eigenvalue weighted by atomic mass is 79.9. The standard InChI is InChI=1S/C18H16BrN5O2/c19-13-8-6-12(7-9-13)10-16(25)26-11-15-22-17(20)24-18(23-15)21-14-4-2-1-3-5-14/h1-9H,10-11H2,(H3,20,21,22,23,24). The Labute approximate surface area is 158 Å². The van der Waals surface area contributed by atoms with Crippen LogP contribution in [0.15, 0.2) is 59.1 Å². The molecule has 26 heavy (non-hydrogen) atoms. The number of esters is 1. The lowest BCUT2D eigenvalue weighted by Gasteiger charge is -2.08. The number of carbonyl (C=O) groups excluding carboxylic acids is 1. The van der Waals surface area contributed by atoms with Crippen LogP contribution < -0.4 is 11.1 Å². The fraction of sp³-hybridized carbons (Fsp3) is 0.111. The number of nitrogens with zero attached hydrogens (tertiary/aromatic N) is 3. The summed E-state index contributed by atoms with van der Waals surface area (Å²) in [6.45, 7) is -0.0778. The Bertz CT molecular complexity index is 888. The molecule has 1 aromatic heterocycles. The molecule has 0 spiro atoms. The molecule has 0 aliphatic rings. The SMILES string of the molecule is Nc1nc(COC(=O)Cc2ccc(Br)cc2)nc(Nc2ccccc2)n1. The number of halogens is 1. The van der Waals surface area contributed by atoms with Crippen molar-refractivity contribution in [1.29, 1.82) is 0 Å². The van der Waals surface area contributed by atoms with Crippen molar-refractivity contribution in [1.82, 2.24) is 15.0 Å². The quantitative estimate of drug-likeness (QED) is 0.597. The molecule has 3 rings (SSSR count). The molecule has 2 aromatic carbocycles. The summed E-state index contributed by atoms with van der Waals surface area (Å²) in [6, 6.07) is 16.9. The van der Waals surface area contributed by atoms with E-state index in [1.165, 1.54) is 0 Å². The first-order valence-corrected chi connectivity index (χ1v) is 8.60. The molecule has 8 heteroatoms. The van der Waals surface area contributed by atoms with Crippen LogP contribution in [-0.2, 0) is 22.6 Å². The van der Waals surface area contributed by atoms with Crippen LogP contribution in [0.3, 0.4) is 0 Å². The molecular formula is C18H16BrN5O2. The molecule has 0 bridgehead atoms. The number of nitrogen functional groups attached to an aromatic ring is 1. The number of ether oxygens (including phenoxy) is 1. The monoisotopic (exact) mass is 413 g/mol. The van der Waals surface area contributed by atoms with Gasteiger partial charge >= 0.3 is 5.97 Å². The van der Waals surface area contributed by atoms with Crippen LogP contribution in [0.5, 0.6) is 0 Å². The number of anilines is 3. The number of nitrogens with two attached hydrogens (primary N) is 1. The Morgan fingerprint density at radius 1 is 1.04 bits per heavy atom. The molecule has 0 atom stereocenters. The molecule has 132 valence electrons. The second kappa shape index (κ2) is 8.39. The number of carbonyl (C=O) groups is 1. The maximum Gasteiger partial charge on any atom is 0.310 e. The van der Waals surface area contributed by atoms with Crippen molar-refractivity contribution in [2.24, 2.45) is 0 Å². The second-order valence-corrected chi connectivity index (χ2v) is 6.30. The van der Waals surface area contributed by atoms with Crippen LogP contribution in [0, 0.1) is 0 Å². The molecule has 0 aliphatic heterocycles. The first kappa shape index (κ1) is 17.8. The van der Waals surface area contributed by atoms with E-state index in [4.69, 9.17) is 10.5 Å². The average Bonchev–Trinajstić information content (AvgIpc) is 2.62. The van der Waals surface area contributed by atoms with Crippen molar-refractivity contribution in [3.05, 3.63) is 70.5 Å². The zero-order chi connectivity index (χ0) is 18.4. The summed E-state index contributed by atoms with van der Waals surface area (Å²) < 4.78 is 6.19. The zero-order valence-corrected chi connectivity index (χ0v) is 15.3.